The highest BCUT2D eigenvalue weighted by Gasteiger charge is 2.10. The molecule has 0 unspecified atom stereocenters. The zero-order valence-corrected chi connectivity index (χ0v) is 12.7. The van der Waals surface area contributed by atoms with Gasteiger partial charge in [0, 0.05) is 6.54 Å². The van der Waals surface area contributed by atoms with Crippen LogP contribution in [0.25, 0.3) is 0 Å². The number of hydrogen-bond donors (Lipinski definition) is 2. The van der Waals surface area contributed by atoms with Gasteiger partial charge in [-0.1, -0.05) is 19.8 Å². The summed E-state index contributed by atoms with van der Waals surface area (Å²) in [6.45, 7) is 3.94. The fourth-order valence-electron chi connectivity index (χ4n) is 1.78. The van der Waals surface area contributed by atoms with Crippen LogP contribution in [0, 0.1) is 0 Å². The summed E-state index contributed by atoms with van der Waals surface area (Å²) >= 11 is 0. The number of phenols is 1. The quantitative estimate of drug-likeness (QED) is 0.722. The second-order valence-electron chi connectivity index (χ2n) is 4.23. The Kier molecular flexibility index (Phi) is 9.17. The van der Waals surface area contributed by atoms with Gasteiger partial charge in [-0.15, -0.1) is 12.4 Å². The summed E-state index contributed by atoms with van der Waals surface area (Å²) in [5, 5.41) is 13.2. The lowest BCUT2D eigenvalue weighted by atomic mass is 10.1. The van der Waals surface area contributed by atoms with Crippen LogP contribution in [0.1, 0.15) is 31.7 Å². The van der Waals surface area contributed by atoms with E-state index in [1.54, 1.807) is 0 Å². The molecule has 0 aliphatic heterocycles. The van der Waals surface area contributed by atoms with Crippen molar-refractivity contribution in [1.29, 1.82) is 0 Å². The van der Waals surface area contributed by atoms with Crippen molar-refractivity contribution in [2.24, 2.45) is 0 Å². The van der Waals surface area contributed by atoms with Crippen LogP contribution in [0.2, 0.25) is 0 Å². The second-order valence-corrected chi connectivity index (χ2v) is 4.23. The highest BCUT2D eigenvalue weighted by molar-refractivity contribution is 5.85. The van der Waals surface area contributed by atoms with Crippen LogP contribution in [-0.2, 0) is 6.54 Å². The van der Waals surface area contributed by atoms with E-state index in [2.05, 4.69) is 12.2 Å². The van der Waals surface area contributed by atoms with Crippen molar-refractivity contribution in [3.05, 3.63) is 17.7 Å². The molecule has 0 aliphatic rings. The van der Waals surface area contributed by atoms with Crippen molar-refractivity contribution in [2.75, 3.05) is 20.8 Å². The van der Waals surface area contributed by atoms with E-state index in [0.717, 1.165) is 18.7 Å². The molecule has 5 heteroatoms. The molecule has 19 heavy (non-hydrogen) atoms. The summed E-state index contributed by atoms with van der Waals surface area (Å²) in [5.74, 6) is 0.939. The molecule has 0 radical (unpaired) electrons. The number of methoxy groups -OCH3 is 2. The predicted octanol–water partition coefficient (Wildman–Crippen LogP) is 3.11. The third kappa shape index (κ3) is 5.57. The van der Waals surface area contributed by atoms with E-state index in [0.29, 0.717) is 11.5 Å². The topological polar surface area (TPSA) is 50.7 Å². The third-order valence-electron chi connectivity index (χ3n) is 2.83. The van der Waals surface area contributed by atoms with Gasteiger partial charge in [0.25, 0.3) is 0 Å². The first-order valence-electron chi connectivity index (χ1n) is 6.37. The zero-order valence-electron chi connectivity index (χ0n) is 11.9. The average Bonchev–Trinajstić information content (AvgIpc) is 2.40. The van der Waals surface area contributed by atoms with Crippen molar-refractivity contribution in [1.82, 2.24) is 5.32 Å². The van der Waals surface area contributed by atoms with Crippen molar-refractivity contribution in [2.45, 2.75) is 32.7 Å². The summed E-state index contributed by atoms with van der Waals surface area (Å²) < 4.78 is 10.2. The lowest BCUT2D eigenvalue weighted by molar-refractivity contribution is 0.339. The minimum atomic E-state index is 0. The van der Waals surface area contributed by atoms with Crippen LogP contribution < -0.4 is 14.8 Å². The lowest BCUT2D eigenvalue weighted by Gasteiger charge is -2.11. The molecule has 0 aliphatic carbocycles. The molecular weight excluding hydrogens is 266 g/mol. The zero-order chi connectivity index (χ0) is 13.4. The molecule has 1 aromatic carbocycles. The first kappa shape index (κ1) is 17.9. The largest absolute Gasteiger partial charge is 0.502 e. The molecule has 0 atom stereocenters. The highest BCUT2D eigenvalue weighted by atomic mass is 35.5. The Hall–Kier alpha value is -1.13. The van der Waals surface area contributed by atoms with Gasteiger partial charge < -0.3 is 19.9 Å². The van der Waals surface area contributed by atoms with Gasteiger partial charge in [-0.25, -0.2) is 0 Å². The molecule has 0 amide bonds. The molecule has 4 nitrogen and oxygen atoms in total. The van der Waals surface area contributed by atoms with Gasteiger partial charge in [-0.05, 0) is 30.7 Å². The van der Waals surface area contributed by atoms with E-state index in [-0.39, 0.29) is 18.2 Å². The van der Waals surface area contributed by atoms with Crippen LogP contribution in [0.4, 0.5) is 0 Å². The first-order chi connectivity index (χ1) is 8.72. The molecule has 0 heterocycles. The molecule has 0 saturated carbocycles. The Labute approximate surface area is 121 Å². The van der Waals surface area contributed by atoms with E-state index in [9.17, 15) is 5.11 Å². The Bertz CT molecular complexity index is 347. The number of benzene rings is 1. The van der Waals surface area contributed by atoms with E-state index in [1.165, 1.54) is 33.5 Å². The molecule has 1 rings (SSSR count). The Morgan fingerprint density at radius 1 is 1.11 bits per heavy atom. The van der Waals surface area contributed by atoms with Gasteiger partial charge in [0.1, 0.15) is 0 Å². The summed E-state index contributed by atoms with van der Waals surface area (Å²) in [5.41, 5.74) is 1.04. The fraction of sp³-hybridized carbons (Fsp3) is 0.571. The van der Waals surface area contributed by atoms with E-state index in [1.807, 2.05) is 12.1 Å². The molecular formula is C14H24ClNO3. The summed E-state index contributed by atoms with van der Waals surface area (Å²) in [7, 11) is 3.07. The minimum absolute atomic E-state index is 0. The van der Waals surface area contributed by atoms with Gasteiger partial charge >= 0.3 is 0 Å². The molecule has 110 valence electrons. The van der Waals surface area contributed by atoms with E-state index >= 15 is 0 Å². The molecule has 0 aromatic heterocycles. The van der Waals surface area contributed by atoms with Gasteiger partial charge in [0.05, 0.1) is 14.2 Å². The van der Waals surface area contributed by atoms with Crippen molar-refractivity contribution < 1.29 is 14.6 Å². The molecule has 0 saturated heterocycles. The molecule has 0 spiro atoms. The standard InChI is InChI=1S/C14H23NO3.ClH/c1-4-5-6-7-15-10-11-8-12(17-2)14(16)13(9-11)18-3;/h8-9,15-16H,4-7,10H2,1-3H3;1H. The van der Waals surface area contributed by atoms with Gasteiger partial charge in [-0.3, -0.25) is 0 Å². The monoisotopic (exact) mass is 289 g/mol. The van der Waals surface area contributed by atoms with Crippen LogP contribution in [0.3, 0.4) is 0 Å². The Morgan fingerprint density at radius 2 is 1.68 bits per heavy atom. The SMILES string of the molecule is CCCCCNCc1cc(OC)c(O)c(OC)c1.Cl. The number of rotatable bonds is 8. The third-order valence-corrected chi connectivity index (χ3v) is 2.83. The first-order valence-corrected chi connectivity index (χ1v) is 6.37. The van der Waals surface area contributed by atoms with Gasteiger partial charge in [-0.2, -0.15) is 0 Å². The lowest BCUT2D eigenvalue weighted by Crippen LogP contribution is -2.14. The fourth-order valence-corrected chi connectivity index (χ4v) is 1.78. The van der Waals surface area contributed by atoms with Gasteiger partial charge in [0.15, 0.2) is 11.5 Å². The minimum Gasteiger partial charge on any atom is -0.502 e. The summed E-state index contributed by atoms with van der Waals surface area (Å²) in [4.78, 5) is 0. The van der Waals surface area contributed by atoms with Crippen LogP contribution in [-0.4, -0.2) is 25.9 Å². The number of hydrogen-bond acceptors (Lipinski definition) is 4. The number of aromatic hydroxyl groups is 1. The maximum Gasteiger partial charge on any atom is 0.200 e. The summed E-state index contributed by atoms with van der Waals surface area (Å²) in [6.07, 6.45) is 3.65. The van der Waals surface area contributed by atoms with Crippen molar-refractivity contribution in [3.8, 4) is 17.2 Å². The van der Waals surface area contributed by atoms with Crippen molar-refractivity contribution in [3.63, 3.8) is 0 Å². The normalized spacial score (nSPS) is 9.84. The summed E-state index contributed by atoms with van der Waals surface area (Å²) in [6, 6.07) is 3.65. The van der Waals surface area contributed by atoms with Crippen LogP contribution in [0.5, 0.6) is 17.2 Å². The number of nitrogens with one attached hydrogen (secondary N) is 1. The molecule has 1 aromatic rings. The van der Waals surface area contributed by atoms with Gasteiger partial charge in [0.2, 0.25) is 5.75 Å². The Balaban J connectivity index is 0.00000324. The number of ether oxygens (including phenoxy) is 2. The van der Waals surface area contributed by atoms with E-state index < -0.39 is 0 Å². The number of halogens is 1. The molecule has 0 bridgehead atoms. The average molecular weight is 290 g/mol. The van der Waals surface area contributed by atoms with Crippen molar-refractivity contribution >= 4 is 12.4 Å². The molecule has 0 fully saturated rings. The molecule has 2 N–H and O–H groups in total. The van der Waals surface area contributed by atoms with Crippen LogP contribution in [0.15, 0.2) is 12.1 Å². The predicted molar refractivity (Wildman–Crippen MR) is 79.7 cm³/mol. The smallest absolute Gasteiger partial charge is 0.200 e. The maximum absolute atomic E-state index is 9.78. The second kappa shape index (κ2) is 9.75. The Morgan fingerprint density at radius 3 is 2.16 bits per heavy atom. The number of phenolic OH excluding ortho intramolecular Hbond substituents is 1. The maximum atomic E-state index is 9.78. The van der Waals surface area contributed by atoms with E-state index in [4.69, 9.17) is 9.47 Å². The highest BCUT2D eigenvalue weighted by Crippen LogP contribution is 2.36. The number of unbranched alkanes of at least 4 members (excludes halogenated alkanes) is 2. The van der Waals surface area contributed by atoms with Crippen LogP contribution >= 0.6 is 12.4 Å².